The van der Waals surface area contributed by atoms with Crippen LogP contribution in [-0.4, -0.2) is 45.5 Å². The molecule has 0 N–H and O–H groups in total. The van der Waals surface area contributed by atoms with E-state index in [-0.39, 0.29) is 0 Å². The summed E-state index contributed by atoms with van der Waals surface area (Å²) in [7, 11) is 5.65. The molecule has 0 fully saturated rings. The van der Waals surface area contributed by atoms with Crippen LogP contribution in [-0.2, 0) is 4.84 Å². The average molecular weight is 429 g/mol. The number of allylic oxidation sites excluding steroid dienone is 1. The molecule has 0 heterocycles. The molecule has 0 aliphatic carbocycles. The lowest BCUT2D eigenvalue weighted by atomic mass is 9.87. The molecule has 32 heavy (non-hydrogen) atoms. The van der Waals surface area contributed by atoms with Crippen LogP contribution in [0.2, 0.25) is 0 Å². The van der Waals surface area contributed by atoms with Crippen molar-refractivity contribution in [1.82, 2.24) is 4.90 Å². The van der Waals surface area contributed by atoms with Crippen molar-refractivity contribution < 1.29 is 9.57 Å². The fraction of sp³-hybridized carbons (Fsp3) is 0.250. The fourth-order valence-electron chi connectivity index (χ4n) is 3.63. The highest BCUT2D eigenvalue weighted by molar-refractivity contribution is 5.99. The molecule has 166 valence electrons. The zero-order chi connectivity index (χ0) is 22.8. The molecule has 3 aromatic carbocycles. The summed E-state index contributed by atoms with van der Waals surface area (Å²) >= 11 is 0. The van der Waals surface area contributed by atoms with Crippen LogP contribution in [0.1, 0.15) is 35.6 Å². The number of nitrogens with zero attached hydrogens (tertiary/aromatic N) is 2. The molecule has 3 aromatic rings. The van der Waals surface area contributed by atoms with E-state index in [2.05, 4.69) is 89.8 Å². The third-order valence-corrected chi connectivity index (χ3v) is 5.21. The first-order valence-corrected chi connectivity index (χ1v) is 11.0. The van der Waals surface area contributed by atoms with Crippen LogP contribution in [0.15, 0.2) is 84.0 Å². The lowest BCUT2D eigenvalue weighted by Crippen LogP contribution is -2.19. The molecular weight excluding hydrogens is 396 g/mol. The molecule has 0 aromatic heterocycles. The third kappa shape index (κ3) is 6.32. The maximum atomic E-state index is 5.90. The minimum absolute atomic E-state index is 0.667. The number of rotatable bonds is 10. The van der Waals surface area contributed by atoms with Crippen LogP contribution in [0.3, 0.4) is 0 Å². The second-order valence-electron chi connectivity index (χ2n) is 7.79. The maximum Gasteiger partial charge on any atom is 0.119 e. The van der Waals surface area contributed by atoms with E-state index in [1.807, 2.05) is 20.2 Å². The Labute approximate surface area is 191 Å². The van der Waals surface area contributed by atoms with Gasteiger partial charge in [-0.3, -0.25) is 0 Å². The predicted molar refractivity (Wildman–Crippen MR) is 134 cm³/mol. The summed E-state index contributed by atoms with van der Waals surface area (Å²) in [6.07, 6.45) is 2.65. The van der Waals surface area contributed by atoms with E-state index >= 15 is 0 Å². The zero-order valence-electron chi connectivity index (χ0n) is 19.4. The van der Waals surface area contributed by atoms with Gasteiger partial charge in [0.15, 0.2) is 0 Å². The molecule has 0 spiro atoms. The topological polar surface area (TPSA) is 34.1 Å². The number of oxime groups is 1. The van der Waals surface area contributed by atoms with Crippen LogP contribution in [0, 0.1) is 0 Å². The van der Waals surface area contributed by atoms with Gasteiger partial charge in [-0.05, 0) is 72.1 Å². The summed E-state index contributed by atoms with van der Waals surface area (Å²) in [6.45, 7) is 3.76. The van der Waals surface area contributed by atoms with E-state index in [9.17, 15) is 0 Å². The number of benzene rings is 3. The summed E-state index contributed by atoms with van der Waals surface area (Å²) in [5, 5.41) is 3.93. The quantitative estimate of drug-likeness (QED) is 0.226. The van der Waals surface area contributed by atoms with Crippen molar-refractivity contribution >= 4 is 17.4 Å². The monoisotopic (exact) mass is 428 g/mol. The molecular formula is C28H32N2O2. The lowest BCUT2D eigenvalue weighted by molar-refractivity contribution is 0.215. The molecule has 0 unspecified atom stereocenters. The van der Waals surface area contributed by atoms with E-state index in [1.54, 1.807) is 13.3 Å². The minimum Gasteiger partial charge on any atom is -0.492 e. The van der Waals surface area contributed by atoms with Crippen molar-refractivity contribution in [3.8, 4) is 5.75 Å². The van der Waals surface area contributed by atoms with Crippen LogP contribution < -0.4 is 4.74 Å². The molecule has 4 nitrogen and oxygen atoms in total. The molecule has 0 aliphatic rings. The summed E-state index contributed by atoms with van der Waals surface area (Å²) in [5.74, 6) is 0.883. The predicted octanol–water partition coefficient (Wildman–Crippen LogP) is 5.98. The minimum atomic E-state index is 0.667. The van der Waals surface area contributed by atoms with Crippen molar-refractivity contribution in [3.05, 3.63) is 101 Å². The van der Waals surface area contributed by atoms with E-state index < -0.39 is 0 Å². The van der Waals surface area contributed by atoms with Gasteiger partial charge in [0.05, 0.1) is 6.21 Å². The first kappa shape index (κ1) is 23.3. The standard InChI is InChI=1S/C28H32N2O2/c1-5-27(23-11-7-6-8-12-23)28(25-13-9-10-22(20-25)21-29-31-4)24-14-16-26(17-15-24)32-19-18-30(2)3/h6-17,20-21H,5,18-19H2,1-4H3. The van der Waals surface area contributed by atoms with Crippen molar-refractivity contribution in [2.45, 2.75) is 13.3 Å². The van der Waals surface area contributed by atoms with Crippen LogP contribution in [0.25, 0.3) is 11.1 Å². The number of likely N-dealkylation sites (N-methyl/N-ethyl adjacent to an activating group) is 1. The van der Waals surface area contributed by atoms with E-state index in [1.165, 1.54) is 16.7 Å². The van der Waals surface area contributed by atoms with Gasteiger partial charge in [0.25, 0.3) is 0 Å². The van der Waals surface area contributed by atoms with Gasteiger partial charge in [-0.15, -0.1) is 0 Å². The van der Waals surface area contributed by atoms with Crippen LogP contribution >= 0.6 is 0 Å². The third-order valence-electron chi connectivity index (χ3n) is 5.21. The van der Waals surface area contributed by atoms with Gasteiger partial charge in [-0.1, -0.05) is 72.7 Å². The van der Waals surface area contributed by atoms with E-state index in [0.29, 0.717) is 6.61 Å². The summed E-state index contributed by atoms with van der Waals surface area (Å²) in [6, 6.07) is 27.4. The van der Waals surface area contributed by atoms with Gasteiger partial charge in [0, 0.05) is 6.54 Å². The average Bonchev–Trinajstić information content (AvgIpc) is 2.82. The zero-order valence-corrected chi connectivity index (χ0v) is 19.4. The number of hydrogen-bond donors (Lipinski definition) is 0. The van der Waals surface area contributed by atoms with Crippen molar-refractivity contribution in [2.24, 2.45) is 5.16 Å². The number of hydrogen-bond acceptors (Lipinski definition) is 4. The molecule has 4 heteroatoms. The first-order valence-electron chi connectivity index (χ1n) is 11.0. The van der Waals surface area contributed by atoms with Gasteiger partial charge in [-0.2, -0.15) is 0 Å². The molecule has 0 bridgehead atoms. The smallest absolute Gasteiger partial charge is 0.119 e. The molecule has 0 radical (unpaired) electrons. The van der Waals surface area contributed by atoms with Crippen molar-refractivity contribution in [2.75, 3.05) is 34.4 Å². The molecule has 0 saturated carbocycles. The second-order valence-corrected chi connectivity index (χ2v) is 7.79. The molecule has 0 amide bonds. The van der Waals surface area contributed by atoms with Gasteiger partial charge in [0.2, 0.25) is 0 Å². The van der Waals surface area contributed by atoms with E-state index in [4.69, 9.17) is 9.57 Å². The Hall–Kier alpha value is -3.37. The Morgan fingerprint density at radius 3 is 2.25 bits per heavy atom. The summed E-state index contributed by atoms with van der Waals surface area (Å²) in [4.78, 5) is 6.98. The Kier molecular flexibility index (Phi) is 8.64. The Morgan fingerprint density at radius 2 is 1.59 bits per heavy atom. The van der Waals surface area contributed by atoms with Crippen LogP contribution in [0.5, 0.6) is 5.75 Å². The Bertz CT molecular complexity index is 1040. The van der Waals surface area contributed by atoms with Gasteiger partial charge in [0.1, 0.15) is 19.5 Å². The first-order chi connectivity index (χ1) is 15.6. The van der Waals surface area contributed by atoms with Gasteiger partial charge < -0.3 is 14.5 Å². The summed E-state index contributed by atoms with van der Waals surface area (Å²) < 4.78 is 5.90. The molecule has 0 aliphatic heterocycles. The molecule has 3 rings (SSSR count). The number of ether oxygens (including phenoxy) is 1. The highest BCUT2D eigenvalue weighted by Gasteiger charge is 2.13. The maximum absolute atomic E-state index is 5.90. The summed E-state index contributed by atoms with van der Waals surface area (Å²) in [5.41, 5.74) is 7.04. The lowest BCUT2D eigenvalue weighted by Gasteiger charge is -2.17. The van der Waals surface area contributed by atoms with Crippen LogP contribution in [0.4, 0.5) is 0 Å². The Morgan fingerprint density at radius 1 is 0.875 bits per heavy atom. The van der Waals surface area contributed by atoms with Gasteiger partial charge >= 0.3 is 0 Å². The normalized spacial score (nSPS) is 12.2. The SMILES string of the molecule is CCC(=C(c1ccc(OCCN(C)C)cc1)c1cccc(C=NOC)c1)c1ccccc1. The molecule has 0 saturated heterocycles. The van der Waals surface area contributed by atoms with Crippen molar-refractivity contribution in [1.29, 1.82) is 0 Å². The Balaban J connectivity index is 2.06. The van der Waals surface area contributed by atoms with E-state index in [0.717, 1.165) is 35.4 Å². The highest BCUT2D eigenvalue weighted by Crippen LogP contribution is 2.35. The largest absolute Gasteiger partial charge is 0.492 e. The fourth-order valence-corrected chi connectivity index (χ4v) is 3.63. The van der Waals surface area contributed by atoms with Gasteiger partial charge in [-0.25, -0.2) is 0 Å². The molecule has 0 atom stereocenters. The second kappa shape index (κ2) is 11.9. The van der Waals surface area contributed by atoms with Crippen molar-refractivity contribution in [3.63, 3.8) is 0 Å². The highest BCUT2D eigenvalue weighted by atomic mass is 16.6.